The molecule has 2 rings (SSSR count). The number of amides is 2. The van der Waals surface area contributed by atoms with Crippen LogP contribution in [0.4, 0.5) is 9.18 Å². The van der Waals surface area contributed by atoms with Crippen molar-refractivity contribution in [1.82, 2.24) is 10.2 Å². The molecule has 1 fully saturated rings. The Morgan fingerprint density at radius 3 is 2.43 bits per heavy atom. The van der Waals surface area contributed by atoms with Gasteiger partial charge in [0.2, 0.25) is 0 Å². The predicted molar refractivity (Wildman–Crippen MR) is 84.8 cm³/mol. The van der Waals surface area contributed by atoms with Crippen LogP contribution in [0.5, 0.6) is 0 Å². The van der Waals surface area contributed by atoms with Crippen LogP contribution < -0.4 is 5.32 Å². The summed E-state index contributed by atoms with van der Waals surface area (Å²) >= 11 is 0. The summed E-state index contributed by atoms with van der Waals surface area (Å²) in [7, 11) is 1.58. The smallest absolute Gasteiger partial charge is 0.317 e. The van der Waals surface area contributed by atoms with Gasteiger partial charge in [-0.05, 0) is 30.5 Å². The zero-order chi connectivity index (χ0) is 17.0. The van der Waals surface area contributed by atoms with Gasteiger partial charge in [0.15, 0.2) is 0 Å². The molecular weight excluding hydrogens is 299 g/mol. The number of hydrogen-bond donors (Lipinski definition) is 2. The second kappa shape index (κ2) is 6.98. The van der Waals surface area contributed by atoms with E-state index >= 15 is 0 Å². The fraction of sp³-hybridized carbons (Fsp3) is 0.529. The average Bonchev–Trinajstić information content (AvgIpc) is 2.47. The maximum Gasteiger partial charge on any atom is 0.317 e. The minimum atomic E-state index is -0.925. The lowest BCUT2D eigenvalue weighted by atomic mass is 9.64. The van der Waals surface area contributed by atoms with Crippen molar-refractivity contribution >= 4 is 12.0 Å². The van der Waals surface area contributed by atoms with Gasteiger partial charge in [-0.25, -0.2) is 9.18 Å². The largest absolute Gasteiger partial charge is 0.481 e. The Hall–Kier alpha value is -2.11. The molecule has 0 radical (unpaired) electrons. The number of carboxylic acids is 1. The molecule has 1 aromatic carbocycles. The molecule has 1 aromatic rings. The van der Waals surface area contributed by atoms with Crippen molar-refractivity contribution in [3.8, 4) is 0 Å². The number of nitrogens with one attached hydrogen (secondary N) is 1. The molecule has 1 unspecified atom stereocenters. The third kappa shape index (κ3) is 4.00. The second-order valence-electron chi connectivity index (χ2n) is 6.42. The number of carbonyl (C=O) groups is 2. The average molecular weight is 322 g/mol. The number of halogens is 1. The van der Waals surface area contributed by atoms with E-state index < -0.39 is 11.9 Å². The molecule has 1 saturated carbocycles. The molecule has 2 amide bonds. The molecular formula is C17H23FN2O3. The van der Waals surface area contributed by atoms with E-state index in [1.165, 1.54) is 17.0 Å². The van der Waals surface area contributed by atoms with Crippen LogP contribution >= 0.6 is 0 Å². The number of hydrogen-bond acceptors (Lipinski definition) is 2. The van der Waals surface area contributed by atoms with E-state index in [2.05, 4.69) is 5.32 Å². The molecule has 1 atom stereocenters. The molecule has 2 N–H and O–H groups in total. The number of nitrogens with zero attached hydrogens (tertiary/aromatic N) is 1. The van der Waals surface area contributed by atoms with Crippen LogP contribution in [0.3, 0.4) is 0 Å². The van der Waals surface area contributed by atoms with Gasteiger partial charge in [-0.2, -0.15) is 0 Å². The van der Waals surface area contributed by atoms with Gasteiger partial charge < -0.3 is 15.3 Å². The predicted octanol–water partition coefficient (Wildman–Crippen LogP) is 2.61. The summed E-state index contributed by atoms with van der Waals surface area (Å²) in [4.78, 5) is 24.4. The fourth-order valence-corrected chi connectivity index (χ4v) is 2.93. The van der Waals surface area contributed by atoms with Crippen molar-refractivity contribution in [3.05, 3.63) is 35.6 Å². The molecule has 0 heterocycles. The number of rotatable bonds is 6. The Kier molecular flexibility index (Phi) is 5.23. The summed E-state index contributed by atoms with van der Waals surface area (Å²) in [6.45, 7) is 2.20. The van der Waals surface area contributed by atoms with E-state index in [4.69, 9.17) is 5.11 Å². The second-order valence-corrected chi connectivity index (χ2v) is 6.42. The molecule has 0 bridgehead atoms. The third-order valence-corrected chi connectivity index (χ3v) is 4.66. The van der Waals surface area contributed by atoms with Crippen LogP contribution in [0.1, 0.15) is 31.7 Å². The van der Waals surface area contributed by atoms with Crippen LogP contribution in [0.2, 0.25) is 0 Å². The highest BCUT2D eigenvalue weighted by Gasteiger charge is 2.39. The molecule has 5 nitrogen and oxygen atoms in total. The lowest BCUT2D eigenvalue weighted by Crippen LogP contribution is -2.49. The zero-order valence-electron chi connectivity index (χ0n) is 13.5. The molecule has 126 valence electrons. The monoisotopic (exact) mass is 322 g/mol. The van der Waals surface area contributed by atoms with E-state index in [9.17, 15) is 14.0 Å². The van der Waals surface area contributed by atoms with Crippen molar-refractivity contribution in [2.24, 2.45) is 5.92 Å². The number of aliphatic carboxylic acids is 1. The standard InChI is InChI=1S/C17H23FN2O3/c1-12(15(21)22)10-20(2)16(23)19-11-17(8-3-9-17)13-4-6-14(18)7-5-13/h4-7,12H,3,8-11H2,1-2H3,(H,19,23)(H,21,22). The van der Waals surface area contributed by atoms with E-state index in [0.29, 0.717) is 6.54 Å². The Balaban J connectivity index is 1.94. The van der Waals surface area contributed by atoms with Gasteiger partial charge in [0.1, 0.15) is 5.82 Å². The number of benzene rings is 1. The molecule has 0 aliphatic heterocycles. The Morgan fingerprint density at radius 2 is 1.96 bits per heavy atom. The SMILES string of the molecule is CC(CN(C)C(=O)NCC1(c2ccc(F)cc2)CCC1)C(=O)O. The van der Waals surface area contributed by atoms with Gasteiger partial charge in [0.25, 0.3) is 0 Å². The van der Waals surface area contributed by atoms with Crippen molar-refractivity contribution in [3.63, 3.8) is 0 Å². The molecule has 0 saturated heterocycles. The Morgan fingerprint density at radius 1 is 1.35 bits per heavy atom. The summed E-state index contributed by atoms with van der Waals surface area (Å²) in [5.41, 5.74) is 0.898. The van der Waals surface area contributed by atoms with Gasteiger partial charge in [0, 0.05) is 25.6 Å². The molecule has 0 aromatic heterocycles. The lowest BCUT2D eigenvalue weighted by Gasteiger charge is -2.43. The molecule has 23 heavy (non-hydrogen) atoms. The van der Waals surface area contributed by atoms with Gasteiger partial charge in [-0.15, -0.1) is 0 Å². The first-order valence-electron chi connectivity index (χ1n) is 7.82. The highest BCUT2D eigenvalue weighted by Crippen LogP contribution is 2.43. The first kappa shape index (κ1) is 17.2. The fourth-order valence-electron chi connectivity index (χ4n) is 2.93. The molecule has 0 spiro atoms. The molecule has 6 heteroatoms. The van der Waals surface area contributed by atoms with Gasteiger partial charge in [-0.1, -0.05) is 25.5 Å². The lowest BCUT2D eigenvalue weighted by molar-refractivity contribution is -0.141. The van der Waals surface area contributed by atoms with Gasteiger partial charge in [-0.3, -0.25) is 4.79 Å². The van der Waals surface area contributed by atoms with Crippen LogP contribution in [0.15, 0.2) is 24.3 Å². The Labute approximate surface area is 135 Å². The maximum absolute atomic E-state index is 13.1. The summed E-state index contributed by atoms with van der Waals surface area (Å²) in [6.07, 6.45) is 2.99. The third-order valence-electron chi connectivity index (χ3n) is 4.66. The van der Waals surface area contributed by atoms with Crippen LogP contribution in [-0.2, 0) is 10.2 Å². The van der Waals surface area contributed by atoms with Gasteiger partial charge in [0.05, 0.1) is 5.92 Å². The van der Waals surface area contributed by atoms with Crippen LogP contribution in [-0.4, -0.2) is 42.1 Å². The summed E-state index contributed by atoms with van der Waals surface area (Å²) in [5, 5.41) is 11.8. The number of carboxylic acid groups (broad SMARTS) is 1. The van der Waals surface area contributed by atoms with E-state index in [1.54, 1.807) is 26.1 Å². The molecule has 1 aliphatic carbocycles. The Bertz CT molecular complexity index is 570. The normalized spacial score (nSPS) is 17.0. The molecule has 1 aliphatic rings. The van der Waals surface area contributed by atoms with Crippen molar-refractivity contribution in [1.29, 1.82) is 0 Å². The maximum atomic E-state index is 13.1. The van der Waals surface area contributed by atoms with Crippen LogP contribution in [0.25, 0.3) is 0 Å². The highest BCUT2D eigenvalue weighted by molar-refractivity contribution is 5.75. The summed E-state index contributed by atoms with van der Waals surface area (Å²) < 4.78 is 13.1. The van der Waals surface area contributed by atoms with E-state index in [-0.39, 0.29) is 23.8 Å². The minimum absolute atomic E-state index is 0.136. The summed E-state index contributed by atoms with van der Waals surface area (Å²) in [6, 6.07) is 6.15. The van der Waals surface area contributed by atoms with Crippen molar-refractivity contribution in [2.75, 3.05) is 20.1 Å². The quantitative estimate of drug-likeness (QED) is 0.846. The van der Waals surface area contributed by atoms with Crippen molar-refractivity contribution in [2.45, 2.75) is 31.6 Å². The van der Waals surface area contributed by atoms with Gasteiger partial charge >= 0.3 is 12.0 Å². The number of carbonyl (C=O) groups excluding carboxylic acids is 1. The highest BCUT2D eigenvalue weighted by atomic mass is 19.1. The van der Waals surface area contributed by atoms with E-state index in [1.807, 2.05) is 0 Å². The van der Waals surface area contributed by atoms with Crippen molar-refractivity contribution < 1.29 is 19.1 Å². The topological polar surface area (TPSA) is 69.6 Å². The first-order chi connectivity index (χ1) is 10.8. The minimum Gasteiger partial charge on any atom is -0.481 e. The summed E-state index contributed by atoms with van der Waals surface area (Å²) in [5.74, 6) is -1.80. The number of urea groups is 1. The zero-order valence-corrected chi connectivity index (χ0v) is 13.5. The van der Waals surface area contributed by atoms with E-state index in [0.717, 1.165) is 24.8 Å². The van der Waals surface area contributed by atoms with Crippen LogP contribution in [0, 0.1) is 11.7 Å². The first-order valence-corrected chi connectivity index (χ1v) is 7.82.